The molecule has 4 nitrogen and oxygen atoms in total. The van der Waals surface area contributed by atoms with Crippen LogP contribution in [-0.2, 0) is 0 Å². The molecule has 0 saturated carbocycles. The Morgan fingerprint density at radius 3 is 2.30 bits per heavy atom. The van der Waals surface area contributed by atoms with Gasteiger partial charge in [-0.1, -0.05) is 55.8 Å². The fraction of sp³-hybridized carbons (Fsp3) is 0.200. The van der Waals surface area contributed by atoms with Crippen LogP contribution >= 0.6 is 11.6 Å². The Kier molecular flexibility index (Phi) is 6.58. The number of hydrogen-bond acceptors (Lipinski definition) is 3. The normalized spacial score (nSPS) is 10.7. The first-order chi connectivity index (χ1) is 14.3. The van der Waals surface area contributed by atoms with Gasteiger partial charge in [-0.2, -0.15) is 0 Å². The summed E-state index contributed by atoms with van der Waals surface area (Å²) in [5.41, 5.74) is 3.56. The molecular weight excluding hydrogens is 398 g/mol. The van der Waals surface area contributed by atoms with Crippen molar-refractivity contribution in [2.75, 3.05) is 12.4 Å². The van der Waals surface area contributed by atoms with Crippen molar-refractivity contribution in [2.45, 2.75) is 26.7 Å². The smallest absolute Gasteiger partial charge is 0.255 e. The van der Waals surface area contributed by atoms with E-state index in [1.165, 1.54) is 0 Å². The van der Waals surface area contributed by atoms with Gasteiger partial charge in [0.15, 0.2) is 5.78 Å². The van der Waals surface area contributed by atoms with Crippen LogP contribution in [0.25, 0.3) is 0 Å². The molecule has 3 aromatic rings. The summed E-state index contributed by atoms with van der Waals surface area (Å²) in [6, 6.07) is 17.5. The summed E-state index contributed by atoms with van der Waals surface area (Å²) in [4.78, 5) is 26.1. The number of amides is 1. The van der Waals surface area contributed by atoms with Gasteiger partial charge >= 0.3 is 0 Å². The van der Waals surface area contributed by atoms with Gasteiger partial charge in [0.05, 0.1) is 12.8 Å². The van der Waals surface area contributed by atoms with Gasteiger partial charge in [0.25, 0.3) is 5.91 Å². The Morgan fingerprint density at radius 1 is 0.967 bits per heavy atom. The van der Waals surface area contributed by atoms with Crippen LogP contribution in [0.4, 0.5) is 5.69 Å². The second-order valence-corrected chi connectivity index (χ2v) is 7.84. The van der Waals surface area contributed by atoms with E-state index in [1.54, 1.807) is 49.6 Å². The van der Waals surface area contributed by atoms with E-state index in [4.69, 9.17) is 16.3 Å². The molecule has 30 heavy (non-hydrogen) atoms. The maximum absolute atomic E-state index is 13.1. The zero-order chi connectivity index (χ0) is 21.8. The molecule has 5 heteroatoms. The number of rotatable bonds is 6. The average molecular weight is 422 g/mol. The number of carbonyl (C=O) groups is 2. The van der Waals surface area contributed by atoms with Gasteiger partial charge in [-0.25, -0.2) is 0 Å². The van der Waals surface area contributed by atoms with Crippen LogP contribution in [0, 0.1) is 6.92 Å². The highest BCUT2D eigenvalue weighted by Crippen LogP contribution is 2.31. The van der Waals surface area contributed by atoms with E-state index in [-0.39, 0.29) is 17.6 Å². The largest absolute Gasteiger partial charge is 0.496 e. The number of ether oxygens (including phenoxy) is 1. The van der Waals surface area contributed by atoms with Gasteiger partial charge in [-0.3, -0.25) is 9.59 Å². The highest BCUT2D eigenvalue weighted by Gasteiger charge is 2.19. The minimum atomic E-state index is -0.290. The molecule has 0 unspecified atom stereocenters. The van der Waals surface area contributed by atoms with E-state index in [0.29, 0.717) is 27.4 Å². The molecule has 0 atom stereocenters. The van der Waals surface area contributed by atoms with Gasteiger partial charge in [0.2, 0.25) is 0 Å². The van der Waals surface area contributed by atoms with E-state index in [2.05, 4.69) is 5.32 Å². The van der Waals surface area contributed by atoms with Gasteiger partial charge in [0, 0.05) is 21.7 Å². The molecule has 0 bridgehead atoms. The maximum Gasteiger partial charge on any atom is 0.255 e. The molecule has 0 heterocycles. The van der Waals surface area contributed by atoms with Crippen molar-refractivity contribution in [3.63, 3.8) is 0 Å². The Morgan fingerprint density at radius 2 is 1.67 bits per heavy atom. The van der Waals surface area contributed by atoms with Crippen molar-refractivity contribution in [1.82, 2.24) is 0 Å². The number of methoxy groups -OCH3 is 1. The van der Waals surface area contributed by atoms with Crippen molar-refractivity contribution < 1.29 is 14.3 Å². The molecule has 3 aromatic carbocycles. The van der Waals surface area contributed by atoms with Crippen LogP contribution in [-0.4, -0.2) is 18.8 Å². The summed E-state index contributed by atoms with van der Waals surface area (Å²) in [5.74, 6) is 0.451. The topological polar surface area (TPSA) is 55.4 Å². The van der Waals surface area contributed by atoms with Crippen LogP contribution in [0.3, 0.4) is 0 Å². The third-order valence-electron chi connectivity index (χ3n) is 4.95. The first-order valence-electron chi connectivity index (χ1n) is 9.71. The molecule has 1 amide bonds. The molecule has 0 aliphatic rings. The van der Waals surface area contributed by atoms with E-state index >= 15 is 0 Å². The van der Waals surface area contributed by atoms with E-state index in [1.807, 2.05) is 39.0 Å². The number of nitrogens with one attached hydrogen (secondary N) is 1. The summed E-state index contributed by atoms with van der Waals surface area (Å²) in [7, 11) is 1.62. The van der Waals surface area contributed by atoms with Crippen molar-refractivity contribution in [2.24, 2.45) is 0 Å². The molecule has 0 aromatic heterocycles. The first-order valence-corrected chi connectivity index (χ1v) is 10.1. The lowest BCUT2D eigenvalue weighted by Crippen LogP contribution is -2.17. The van der Waals surface area contributed by atoms with Crippen molar-refractivity contribution in [1.29, 1.82) is 0 Å². The SMILES string of the molecule is COc1cc(C)c(C(=O)Nc2ccc(Cl)cc2C(=O)c2ccccc2)cc1C(C)C. The Hall–Kier alpha value is -3.11. The standard InChI is InChI=1S/C25H24ClNO3/c1-15(2)19-14-20(16(3)12-23(19)30-4)25(29)27-22-11-10-18(26)13-21(22)24(28)17-8-6-5-7-9-17/h5-15H,1-4H3,(H,27,29). The van der Waals surface area contributed by atoms with Gasteiger partial charge < -0.3 is 10.1 Å². The van der Waals surface area contributed by atoms with E-state index in [0.717, 1.165) is 16.9 Å². The second kappa shape index (κ2) is 9.14. The first kappa shape index (κ1) is 21.6. The third kappa shape index (κ3) is 4.55. The molecule has 0 aliphatic heterocycles. The average Bonchev–Trinajstić information content (AvgIpc) is 2.74. The quantitative estimate of drug-likeness (QED) is 0.477. The van der Waals surface area contributed by atoms with E-state index < -0.39 is 0 Å². The van der Waals surface area contributed by atoms with E-state index in [9.17, 15) is 9.59 Å². The van der Waals surface area contributed by atoms with Crippen LogP contribution in [0.2, 0.25) is 5.02 Å². The third-order valence-corrected chi connectivity index (χ3v) is 5.19. The number of carbonyl (C=O) groups excluding carboxylic acids is 2. The van der Waals surface area contributed by atoms with Gasteiger partial charge in [-0.15, -0.1) is 0 Å². The van der Waals surface area contributed by atoms with Crippen molar-refractivity contribution >= 4 is 29.0 Å². The number of aryl methyl sites for hydroxylation is 1. The lowest BCUT2D eigenvalue weighted by molar-refractivity contribution is 0.102. The number of anilines is 1. The summed E-state index contributed by atoms with van der Waals surface area (Å²) in [5, 5.41) is 3.32. The fourth-order valence-corrected chi connectivity index (χ4v) is 3.49. The number of ketones is 1. The molecule has 0 radical (unpaired) electrons. The molecule has 0 fully saturated rings. The Labute approximate surface area is 181 Å². The molecule has 0 aliphatic carbocycles. The summed E-state index contributed by atoms with van der Waals surface area (Å²) in [6.07, 6.45) is 0. The minimum Gasteiger partial charge on any atom is -0.496 e. The summed E-state index contributed by atoms with van der Waals surface area (Å²) >= 11 is 6.14. The molecular formula is C25H24ClNO3. The zero-order valence-electron chi connectivity index (χ0n) is 17.5. The molecule has 3 rings (SSSR count). The number of halogens is 1. The van der Waals surface area contributed by atoms with Gasteiger partial charge in [0.1, 0.15) is 5.75 Å². The zero-order valence-corrected chi connectivity index (χ0v) is 18.2. The van der Waals surface area contributed by atoms with Gasteiger partial charge in [-0.05, 0) is 54.3 Å². The monoisotopic (exact) mass is 421 g/mol. The molecule has 154 valence electrons. The predicted molar refractivity (Wildman–Crippen MR) is 121 cm³/mol. The Balaban J connectivity index is 1.99. The lowest BCUT2D eigenvalue weighted by atomic mass is 9.95. The lowest BCUT2D eigenvalue weighted by Gasteiger charge is -2.17. The van der Waals surface area contributed by atoms with Crippen molar-refractivity contribution in [3.05, 3.63) is 93.5 Å². The Bertz CT molecular complexity index is 1090. The molecule has 0 saturated heterocycles. The molecule has 1 N–H and O–H groups in total. The minimum absolute atomic E-state index is 0.192. The highest BCUT2D eigenvalue weighted by molar-refractivity contribution is 6.31. The fourth-order valence-electron chi connectivity index (χ4n) is 3.32. The van der Waals surface area contributed by atoms with Crippen LogP contribution in [0.1, 0.15) is 57.2 Å². The molecule has 0 spiro atoms. The second-order valence-electron chi connectivity index (χ2n) is 7.40. The van der Waals surface area contributed by atoms with Crippen LogP contribution in [0.5, 0.6) is 5.75 Å². The van der Waals surface area contributed by atoms with Crippen LogP contribution in [0.15, 0.2) is 60.7 Å². The maximum atomic E-state index is 13.1. The number of hydrogen-bond donors (Lipinski definition) is 1. The number of benzene rings is 3. The predicted octanol–water partition coefficient (Wildman–Crippen LogP) is 6.26. The summed E-state index contributed by atoms with van der Waals surface area (Å²) in [6.45, 7) is 5.95. The highest BCUT2D eigenvalue weighted by atomic mass is 35.5. The summed E-state index contributed by atoms with van der Waals surface area (Å²) < 4.78 is 5.46. The van der Waals surface area contributed by atoms with Crippen molar-refractivity contribution in [3.8, 4) is 5.75 Å². The van der Waals surface area contributed by atoms with Crippen LogP contribution < -0.4 is 10.1 Å².